The molecule has 1 atom stereocenters. The van der Waals surface area contributed by atoms with Crippen molar-refractivity contribution >= 4 is 11.9 Å². The van der Waals surface area contributed by atoms with Gasteiger partial charge in [-0.2, -0.15) is 0 Å². The topological polar surface area (TPSA) is 64.6 Å². The van der Waals surface area contributed by atoms with Gasteiger partial charge in [0, 0.05) is 6.54 Å². The summed E-state index contributed by atoms with van der Waals surface area (Å²) >= 11 is 0. The average molecular weight is 293 g/mol. The first-order valence-electron chi connectivity index (χ1n) is 7.19. The fourth-order valence-electron chi connectivity index (χ4n) is 1.62. The van der Waals surface area contributed by atoms with Crippen LogP contribution in [0.4, 0.5) is 0 Å². The van der Waals surface area contributed by atoms with Gasteiger partial charge in [0.2, 0.25) is 0 Å². The summed E-state index contributed by atoms with van der Waals surface area (Å²) < 4.78 is 10.6. The normalized spacial score (nSPS) is 11.9. The van der Waals surface area contributed by atoms with Gasteiger partial charge >= 0.3 is 5.97 Å². The molecule has 0 saturated carbocycles. The van der Waals surface area contributed by atoms with E-state index in [1.165, 1.54) is 0 Å². The summed E-state index contributed by atoms with van der Waals surface area (Å²) in [5.41, 5.74) is 0.390. The number of esters is 1. The van der Waals surface area contributed by atoms with Crippen LogP contribution in [-0.4, -0.2) is 30.6 Å². The fourth-order valence-corrected chi connectivity index (χ4v) is 1.62. The van der Waals surface area contributed by atoms with E-state index in [0.29, 0.717) is 17.9 Å². The van der Waals surface area contributed by atoms with Gasteiger partial charge in [-0.3, -0.25) is 4.79 Å². The minimum Gasteiger partial charge on any atom is -0.491 e. The van der Waals surface area contributed by atoms with Crippen LogP contribution in [0.15, 0.2) is 24.3 Å². The minimum absolute atomic E-state index is 0.0742. The Labute approximate surface area is 125 Å². The predicted octanol–water partition coefficient (Wildman–Crippen LogP) is 2.55. The molecule has 0 unspecified atom stereocenters. The summed E-state index contributed by atoms with van der Waals surface area (Å²) in [6.07, 6.45) is 0.102. The molecule has 0 aliphatic rings. The van der Waals surface area contributed by atoms with Crippen LogP contribution in [0, 0.1) is 0 Å². The van der Waals surface area contributed by atoms with Gasteiger partial charge in [-0.25, -0.2) is 4.79 Å². The zero-order valence-corrected chi connectivity index (χ0v) is 13.0. The molecule has 0 fully saturated rings. The highest BCUT2D eigenvalue weighted by Gasteiger charge is 2.18. The number of nitrogens with one attached hydrogen (secondary N) is 1. The molecular formula is C16H23NO4. The third-order valence-corrected chi connectivity index (χ3v) is 2.66. The standard InChI is InChI=1S/C16H23NO4/c1-5-10-17-15(18)12(4)21-16(19)13-6-8-14(9-7-13)20-11(2)3/h6-9,11-12H,5,10H2,1-4H3,(H,17,18)/t12-/m1/s1. The van der Waals surface area contributed by atoms with E-state index in [-0.39, 0.29) is 12.0 Å². The maximum atomic E-state index is 11.9. The second-order valence-electron chi connectivity index (χ2n) is 5.03. The highest BCUT2D eigenvalue weighted by Crippen LogP contribution is 2.15. The molecule has 0 radical (unpaired) electrons. The SMILES string of the molecule is CCCNC(=O)[C@@H](C)OC(=O)c1ccc(OC(C)C)cc1. The molecule has 1 rings (SSSR count). The van der Waals surface area contributed by atoms with Crippen LogP contribution in [0.25, 0.3) is 0 Å². The molecular weight excluding hydrogens is 270 g/mol. The molecule has 0 saturated heterocycles. The average Bonchev–Trinajstić information content (AvgIpc) is 2.44. The Balaban J connectivity index is 2.57. The number of hydrogen-bond donors (Lipinski definition) is 1. The maximum Gasteiger partial charge on any atom is 0.338 e. The van der Waals surface area contributed by atoms with Crippen molar-refractivity contribution in [2.45, 2.75) is 46.3 Å². The first-order chi connectivity index (χ1) is 9.93. The molecule has 0 aliphatic heterocycles. The molecule has 5 nitrogen and oxygen atoms in total. The first-order valence-corrected chi connectivity index (χ1v) is 7.19. The van der Waals surface area contributed by atoms with Gasteiger partial charge in [0.15, 0.2) is 6.10 Å². The van der Waals surface area contributed by atoms with E-state index in [2.05, 4.69) is 5.32 Å². The molecule has 0 aliphatic carbocycles. The number of ether oxygens (including phenoxy) is 2. The Morgan fingerprint density at radius 3 is 2.29 bits per heavy atom. The molecule has 0 spiro atoms. The molecule has 1 N–H and O–H groups in total. The van der Waals surface area contributed by atoms with Crippen LogP contribution in [0.1, 0.15) is 44.5 Å². The smallest absolute Gasteiger partial charge is 0.338 e. The fraction of sp³-hybridized carbons (Fsp3) is 0.500. The van der Waals surface area contributed by atoms with Gasteiger partial charge in [-0.15, -0.1) is 0 Å². The second kappa shape index (κ2) is 8.29. The van der Waals surface area contributed by atoms with E-state index in [4.69, 9.17) is 9.47 Å². The molecule has 1 amide bonds. The van der Waals surface area contributed by atoms with Gasteiger partial charge in [-0.05, 0) is 51.5 Å². The zero-order chi connectivity index (χ0) is 15.8. The molecule has 0 aromatic heterocycles. The van der Waals surface area contributed by atoms with Crippen LogP contribution in [0.2, 0.25) is 0 Å². The Bertz CT molecular complexity index is 468. The summed E-state index contributed by atoms with van der Waals surface area (Å²) in [5, 5.41) is 2.68. The lowest BCUT2D eigenvalue weighted by Gasteiger charge is -2.13. The Hall–Kier alpha value is -2.04. The van der Waals surface area contributed by atoms with Gasteiger partial charge in [0.05, 0.1) is 11.7 Å². The highest BCUT2D eigenvalue weighted by atomic mass is 16.5. The van der Waals surface area contributed by atoms with E-state index < -0.39 is 12.1 Å². The van der Waals surface area contributed by atoms with Gasteiger partial charge in [0.25, 0.3) is 5.91 Å². The number of hydrogen-bond acceptors (Lipinski definition) is 4. The van der Waals surface area contributed by atoms with Crippen LogP contribution in [0.3, 0.4) is 0 Å². The third kappa shape index (κ3) is 5.85. The van der Waals surface area contributed by atoms with Crippen molar-refractivity contribution in [3.63, 3.8) is 0 Å². The Kier molecular flexibility index (Phi) is 6.72. The van der Waals surface area contributed by atoms with Crippen molar-refractivity contribution < 1.29 is 19.1 Å². The van der Waals surface area contributed by atoms with E-state index >= 15 is 0 Å². The van der Waals surface area contributed by atoms with Gasteiger partial charge < -0.3 is 14.8 Å². The molecule has 5 heteroatoms. The van der Waals surface area contributed by atoms with E-state index in [1.807, 2.05) is 20.8 Å². The zero-order valence-electron chi connectivity index (χ0n) is 13.0. The Morgan fingerprint density at radius 2 is 1.76 bits per heavy atom. The van der Waals surface area contributed by atoms with Crippen LogP contribution in [-0.2, 0) is 9.53 Å². The second-order valence-corrected chi connectivity index (χ2v) is 5.03. The highest BCUT2D eigenvalue weighted by molar-refractivity contribution is 5.92. The lowest BCUT2D eigenvalue weighted by molar-refractivity contribution is -0.129. The van der Waals surface area contributed by atoms with E-state index in [9.17, 15) is 9.59 Å². The number of carbonyl (C=O) groups is 2. The van der Waals surface area contributed by atoms with E-state index in [1.54, 1.807) is 31.2 Å². The van der Waals surface area contributed by atoms with Crippen molar-refractivity contribution in [2.24, 2.45) is 0 Å². The van der Waals surface area contributed by atoms with Crippen molar-refractivity contribution in [3.05, 3.63) is 29.8 Å². The van der Waals surface area contributed by atoms with E-state index in [0.717, 1.165) is 6.42 Å². The molecule has 1 aromatic carbocycles. The minimum atomic E-state index is -0.810. The summed E-state index contributed by atoms with van der Waals surface area (Å²) in [5.74, 6) is -0.120. The van der Waals surface area contributed by atoms with Crippen LogP contribution < -0.4 is 10.1 Å². The van der Waals surface area contributed by atoms with Gasteiger partial charge in [-0.1, -0.05) is 6.92 Å². The first kappa shape index (κ1) is 17.0. The van der Waals surface area contributed by atoms with Gasteiger partial charge in [0.1, 0.15) is 5.75 Å². The lowest BCUT2D eigenvalue weighted by atomic mass is 10.2. The van der Waals surface area contributed by atoms with Crippen molar-refractivity contribution in [2.75, 3.05) is 6.54 Å². The summed E-state index contributed by atoms with van der Waals surface area (Å²) in [6.45, 7) is 7.94. The Morgan fingerprint density at radius 1 is 1.14 bits per heavy atom. The molecule has 0 bridgehead atoms. The third-order valence-electron chi connectivity index (χ3n) is 2.66. The molecule has 0 heterocycles. The number of carbonyl (C=O) groups excluding carboxylic acids is 2. The summed E-state index contributed by atoms with van der Waals surface area (Å²) in [7, 11) is 0. The van der Waals surface area contributed by atoms with Crippen molar-refractivity contribution in [1.82, 2.24) is 5.32 Å². The van der Waals surface area contributed by atoms with Crippen LogP contribution >= 0.6 is 0 Å². The molecule has 116 valence electrons. The number of amides is 1. The largest absolute Gasteiger partial charge is 0.491 e. The predicted molar refractivity (Wildman–Crippen MR) is 80.4 cm³/mol. The number of benzene rings is 1. The monoisotopic (exact) mass is 293 g/mol. The summed E-state index contributed by atoms with van der Waals surface area (Å²) in [4.78, 5) is 23.6. The quantitative estimate of drug-likeness (QED) is 0.785. The van der Waals surface area contributed by atoms with Crippen LogP contribution in [0.5, 0.6) is 5.75 Å². The maximum absolute atomic E-state index is 11.9. The van der Waals surface area contributed by atoms with Crippen molar-refractivity contribution in [1.29, 1.82) is 0 Å². The number of rotatable bonds is 7. The lowest BCUT2D eigenvalue weighted by Crippen LogP contribution is -2.36. The van der Waals surface area contributed by atoms with Crippen molar-refractivity contribution in [3.8, 4) is 5.75 Å². The molecule has 21 heavy (non-hydrogen) atoms. The molecule has 1 aromatic rings. The summed E-state index contributed by atoms with van der Waals surface area (Å²) in [6, 6.07) is 6.66.